The number of hydrogen-bond acceptors (Lipinski definition) is 5. The van der Waals surface area contributed by atoms with Gasteiger partial charge in [0.25, 0.3) is 11.7 Å². The second-order valence-electron chi connectivity index (χ2n) is 2.66. The summed E-state index contributed by atoms with van der Waals surface area (Å²) in [6, 6.07) is 0. The van der Waals surface area contributed by atoms with Gasteiger partial charge >= 0.3 is 5.69 Å². The standard InChI is InChI=1S/C7H4ClF2N3O3/c8-6(14)4-3(11)5(13(15)16)2(1-12-4)7(9)10/h1,7H,11H2. The molecular weight excluding hydrogens is 248 g/mol. The molecule has 0 aliphatic rings. The summed E-state index contributed by atoms with van der Waals surface area (Å²) in [4.78, 5) is 23.4. The lowest BCUT2D eigenvalue weighted by Gasteiger charge is -2.05. The molecule has 0 unspecified atom stereocenters. The van der Waals surface area contributed by atoms with Gasteiger partial charge in [-0.2, -0.15) is 0 Å². The summed E-state index contributed by atoms with van der Waals surface area (Å²) in [6.45, 7) is 0. The molecule has 86 valence electrons. The zero-order valence-corrected chi connectivity index (χ0v) is 8.24. The van der Waals surface area contributed by atoms with Crippen molar-refractivity contribution >= 4 is 28.2 Å². The minimum absolute atomic E-state index is 0.509. The molecule has 0 spiro atoms. The Kier molecular flexibility index (Phi) is 3.33. The number of nitrogen functional groups attached to an aromatic ring is 1. The number of nitro groups is 1. The van der Waals surface area contributed by atoms with E-state index < -0.39 is 39.2 Å². The van der Waals surface area contributed by atoms with Gasteiger partial charge in [-0.1, -0.05) is 0 Å². The van der Waals surface area contributed by atoms with Crippen LogP contribution >= 0.6 is 11.6 Å². The van der Waals surface area contributed by atoms with Crippen molar-refractivity contribution in [2.45, 2.75) is 6.43 Å². The summed E-state index contributed by atoms with van der Waals surface area (Å²) in [6.07, 6.45) is -2.61. The van der Waals surface area contributed by atoms with Crippen molar-refractivity contribution < 1.29 is 18.5 Å². The lowest BCUT2D eigenvalue weighted by molar-refractivity contribution is -0.385. The lowest BCUT2D eigenvalue weighted by atomic mass is 10.2. The Morgan fingerprint density at radius 3 is 2.56 bits per heavy atom. The van der Waals surface area contributed by atoms with Gasteiger partial charge in [-0.15, -0.1) is 0 Å². The van der Waals surface area contributed by atoms with Crippen molar-refractivity contribution in [1.82, 2.24) is 4.98 Å². The van der Waals surface area contributed by atoms with Crippen LogP contribution in [0.1, 0.15) is 22.5 Å². The third-order valence-corrected chi connectivity index (χ3v) is 1.90. The van der Waals surface area contributed by atoms with Gasteiger partial charge in [0.15, 0.2) is 5.69 Å². The van der Waals surface area contributed by atoms with Crippen LogP contribution in [0.2, 0.25) is 0 Å². The maximum atomic E-state index is 12.4. The average molecular weight is 252 g/mol. The summed E-state index contributed by atoms with van der Waals surface area (Å²) in [5, 5.41) is 9.38. The molecule has 1 aromatic rings. The smallest absolute Gasteiger partial charge is 0.304 e. The number of halogens is 3. The highest BCUT2D eigenvalue weighted by Gasteiger charge is 2.29. The number of rotatable bonds is 3. The quantitative estimate of drug-likeness (QED) is 0.502. The SMILES string of the molecule is Nc1c(C(=O)Cl)ncc(C(F)F)c1[N+](=O)[O-]. The van der Waals surface area contributed by atoms with E-state index in [0.717, 1.165) is 0 Å². The van der Waals surface area contributed by atoms with Gasteiger partial charge in [0, 0.05) is 6.20 Å². The molecule has 0 saturated carbocycles. The number of alkyl halides is 2. The average Bonchev–Trinajstić information content (AvgIpc) is 2.15. The van der Waals surface area contributed by atoms with E-state index in [-0.39, 0.29) is 0 Å². The highest BCUT2D eigenvalue weighted by atomic mass is 35.5. The van der Waals surface area contributed by atoms with Gasteiger partial charge < -0.3 is 5.73 Å². The maximum Gasteiger partial charge on any atom is 0.304 e. The second kappa shape index (κ2) is 4.35. The van der Waals surface area contributed by atoms with E-state index in [0.29, 0.717) is 6.20 Å². The number of aromatic nitrogens is 1. The van der Waals surface area contributed by atoms with E-state index in [1.165, 1.54) is 0 Å². The molecular formula is C7H4ClF2N3O3. The molecule has 0 amide bonds. The van der Waals surface area contributed by atoms with Crippen LogP contribution in [0.3, 0.4) is 0 Å². The molecule has 0 saturated heterocycles. The Hall–Kier alpha value is -1.83. The van der Waals surface area contributed by atoms with Crippen LogP contribution < -0.4 is 5.73 Å². The molecule has 1 heterocycles. The molecule has 6 nitrogen and oxygen atoms in total. The van der Waals surface area contributed by atoms with Gasteiger partial charge in [0.05, 0.1) is 4.92 Å². The van der Waals surface area contributed by atoms with Crippen LogP contribution in [-0.2, 0) is 0 Å². The first-order chi connectivity index (χ1) is 7.36. The van der Waals surface area contributed by atoms with Crippen molar-refractivity contribution in [2.24, 2.45) is 0 Å². The Balaban J connectivity index is 3.54. The van der Waals surface area contributed by atoms with Crippen molar-refractivity contribution in [1.29, 1.82) is 0 Å². The van der Waals surface area contributed by atoms with Crippen LogP contribution in [0, 0.1) is 10.1 Å². The van der Waals surface area contributed by atoms with Gasteiger partial charge in [0.1, 0.15) is 11.3 Å². The van der Waals surface area contributed by atoms with E-state index in [1.54, 1.807) is 0 Å². The minimum Gasteiger partial charge on any atom is -0.391 e. The fourth-order valence-electron chi connectivity index (χ4n) is 1.05. The second-order valence-corrected chi connectivity index (χ2v) is 3.00. The number of carbonyl (C=O) groups is 1. The van der Waals surface area contributed by atoms with Crippen molar-refractivity contribution in [2.75, 3.05) is 5.73 Å². The topological polar surface area (TPSA) is 99.1 Å². The highest BCUT2D eigenvalue weighted by molar-refractivity contribution is 6.68. The Labute approximate surface area is 92.2 Å². The van der Waals surface area contributed by atoms with E-state index >= 15 is 0 Å². The third kappa shape index (κ3) is 2.06. The first-order valence-corrected chi connectivity index (χ1v) is 4.14. The first kappa shape index (κ1) is 12.2. The molecule has 9 heteroatoms. The maximum absolute atomic E-state index is 12.4. The number of carbonyl (C=O) groups excluding carboxylic acids is 1. The summed E-state index contributed by atoms with van der Waals surface area (Å²) >= 11 is 5.03. The number of nitrogens with zero attached hydrogens (tertiary/aromatic N) is 2. The zero-order valence-electron chi connectivity index (χ0n) is 7.49. The predicted molar refractivity (Wildman–Crippen MR) is 50.4 cm³/mol. The number of hydrogen-bond donors (Lipinski definition) is 1. The molecule has 0 aliphatic carbocycles. The van der Waals surface area contributed by atoms with Gasteiger partial charge in [-0.25, -0.2) is 13.8 Å². The summed E-state index contributed by atoms with van der Waals surface area (Å²) < 4.78 is 24.8. The summed E-state index contributed by atoms with van der Waals surface area (Å²) in [5.41, 5.74) is 1.80. The lowest BCUT2D eigenvalue weighted by Crippen LogP contribution is -2.08. The van der Waals surface area contributed by atoms with E-state index in [2.05, 4.69) is 4.98 Å². The molecule has 0 radical (unpaired) electrons. The Morgan fingerprint density at radius 1 is 1.62 bits per heavy atom. The Morgan fingerprint density at radius 2 is 2.19 bits per heavy atom. The molecule has 0 aromatic carbocycles. The fraction of sp³-hybridized carbons (Fsp3) is 0.143. The third-order valence-electron chi connectivity index (χ3n) is 1.72. The van der Waals surface area contributed by atoms with E-state index in [9.17, 15) is 23.7 Å². The van der Waals surface area contributed by atoms with E-state index in [1.807, 2.05) is 0 Å². The molecule has 0 fully saturated rings. The van der Waals surface area contributed by atoms with Crippen LogP contribution in [0.4, 0.5) is 20.2 Å². The number of pyridine rings is 1. The predicted octanol–water partition coefficient (Wildman–Crippen LogP) is 1.89. The van der Waals surface area contributed by atoms with Crippen molar-refractivity contribution in [3.63, 3.8) is 0 Å². The molecule has 0 bridgehead atoms. The van der Waals surface area contributed by atoms with Gasteiger partial charge in [-0.3, -0.25) is 14.9 Å². The fourth-order valence-corrected chi connectivity index (χ4v) is 1.20. The van der Waals surface area contributed by atoms with Crippen molar-refractivity contribution in [3.05, 3.63) is 27.6 Å². The molecule has 1 rings (SSSR count). The van der Waals surface area contributed by atoms with Crippen molar-refractivity contribution in [3.8, 4) is 0 Å². The molecule has 16 heavy (non-hydrogen) atoms. The van der Waals surface area contributed by atoms with Crippen LogP contribution in [0.15, 0.2) is 6.20 Å². The number of nitrogens with two attached hydrogens (primary N) is 1. The van der Waals surface area contributed by atoms with Crippen LogP contribution in [-0.4, -0.2) is 15.1 Å². The molecule has 1 aromatic heterocycles. The van der Waals surface area contributed by atoms with Gasteiger partial charge in [0.2, 0.25) is 0 Å². The van der Waals surface area contributed by atoms with Gasteiger partial charge in [-0.05, 0) is 11.6 Å². The molecule has 0 atom stereocenters. The van der Waals surface area contributed by atoms with Crippen LogP contribution in [0.25, 0.3) is 0 Å². The monoisotopic (exact) mass is 251 g/mol. The largest absolute Gasteiger partial charge is 0.391 e. The summed E-state index contributed by atoms with van der Waals surface area (Å²) in [7, 11) is 0. The Bertz CT molecular complexity index is 466. The van der Waals surface area contributed by atoms with Crippen LogP contribution in [0.5, 0.6) is 0 Å². The summed E-state index contributed by atoms with van der Waals surface area (Å²) in [5.74, 6) is 0. The number of anilines is 1. The molecule has 0 aliphatic heterocycles. The first-order valence-electron chi connectivity index (χ1n) is 3.77. The normalized spacial score (nSPS) is 10.5. The zero-order chi connectivity index (χ0) is 12.5. The van der Waals surface area contributed by atoms with E-state index in [4.69, 9.17) is 17.3 Å². The highest BCUT2D eigenvalue weighted by Crippen LogP contribution is 2.34. The molecule has 2 N–H and O–H groups in total. The minimum atomic E-state index is -3.12.